The van der Waals surface area contributed by atoms with Gasteiger partial charge in [0, 0.05) is 26.6 Å². The number of carbonyl (C=O) groups excluding carboxylic acids is 1. The van der Waals surface area contributed by atoms with Gasteiger partial charge >= 0.3 is 5.97 Å². The molecule has 2 N–H and O–H groups in total. The second-order valence-electron chi connectivity index (χ2n) is 6.89. The van der Waals surface area contributed by atoms with E-state index in [0.717, 1.165) is 15.1 Å². The quantitative estimate of drug-likeness (QED) is 0.250. The number of ether oxygens (including phenoxy) is 2. The molecule has 5 nitrogen and oxygen atoms in total. The molecule has 1 aliphatic rings. The van der Waals surface area contributed by atoms with Crippen molar-refractivity contribution >= 4 is 61.9 Å². The number of esters is 1. The van der Waals surface area contributed by atoms with Crippen LogP contribution in [0.25, 0.3) is 10.1 Å². The van der Waals surface area contributed by atoms with Crippen molar-refractivity contribution in [3.63, 3.8) is 0 Å². The summed E-state index contributed by atoms with van der Waals surface area (Å²) in [5, 5.41) is 12.9. The Morgan fingerprint density at radius 3 is 2.75 bits per heavy atom. The predicted molar refractivity (Wildman–Crippen MR) is 127 cm³/mol. The van der Waals surface area contributed by atoms with Crippen LogP contribution in [0.5, 0.6) is 11.5 Å². The van der Waals surface area contributed by atoms with E-state index in [9.17, 15) is 10.1 Å². The number of nitrogens with two attached hydrogens (primary N) is 1. The van der Waals surface area contributed by atoms with Gasteiger partial charge in [-0.3, -0.25) is 0 Å². The molecule has 3 heterocycles. The van der Waals surface area contributed by atoms with Crippen LogP contribution in [0.15, 0.2) is 65.4 Å². The first kappa shape index (κ1) is 20.9. The van der Waals surface area contributed by atoms with Crippen molar-refractivity contribution < 1.29 is 14.3 Å². The molecule has 0 fully saturated rings. The van der Waals surface area contributed by atoms with E-state index in [1.54, 1.807) is 30.3 Å². The van der Waals surface area contributed by atoms with Crippen molar-refractivity contribution in [3.05, 3.63) is 90.7 Å². The topological polar surface area (TPSA) is 85.3 Å². The van der Waals surface area contributed by atoms with Gasteiger partial charge in [-0.15, -0.1) is 22.7 Å². The number of nitrogens with zero attached hydrogens (tertiary/aromatic N) is 1. The van der Waals surface area contributed by atoms with Crippen LogP contribution in [0.1, 0.15) is 26.0 Å². The lowest BCUT2D eigenvalue weighted by molar-refractivity contribution is 0.0740. The van der Waals surface area contributed by atoms with Crippen LogP contribution >= 0.6 is 45.9 Å². The van der Waals surface area contributed by atoms with Crippen molar-refractivity contribution in [3.8, 4) is 17.6 Å². The maximum atomic E-state index is 12.8. The zero-order valence-electron chi connectivity index (χ0n) is 16.1. The molecule has 0 spiro atoms. The van der Waals surface area contributed by atoms with Crippen LogP contribution in [-0.2, 0) is 0 Å². The fraction of sp³-hybridized carbons (Fsp3) is 0.0435. The van der Waals surface area contributed by atoms with Gasteiger partial charge in [-0.1, -0.05) is 41.4 Å². The first-order valence-corrected chi connectivity index (χ1v) is 11.8. The number of hydrogen-bond donors (Lipinski definition) is 1. The lowest BCUT2D eigenvalue weighted by Gasteiger charge is -2.25. The van der Waals surface area contributed by atoms with Gasteiger partial charge in [-0.25, -0.2) is 4.79 Å². The van der Waals surface area contributed by atoms with Gasteiger partial charge in [0.05, 0.1) is 16.0 Å². The third-order valence-electron chi connectivity index (χ3n) is 5.02. The van der Waals surface area contributed by atoms with Gasteiger partial charge in [-0.05, 0) is 29.6 Å². The van der Waals surface area contributed by atoms with E-state index in [4.69, 9.17) is 38.4 Å². The number of benzene rings is 2. The summed E-state index contributed by atoms with van der Waals surface area (Å²) >= 11 is 15.4. The first-order chi connectivity index (χ1) is 15.5. The zero-order valence-corrected chi connectivity index (χ0v) is 19.2. The maximum absolute atomic E-state index is 12.8. The summed E-state index contributed by atoms with van der Waals surface area (Å²) in [6.45, 7) is 0. The highest BCUT2D eigenvalue weighted by Gasteiger charge is 2.32. The number of rotatable bonds is 3. The highest BCUT2D eigenvalue weighted by Crippen LogP contribution is 2.45. The Balaban J connectivity index is 1.49. The number of carbonyl (C=O) groups is 1. The zero-order chi connectivity index (χ0) is 22.4. The lowest BCUT2D eigenvalue weighted by Crippen LogP contribution is -2.20. The Kier molecular flexibility index (Phi) is 5.31. The summed E-state index contributed by atoms with van der Waals surface area (Å²) in [6, 6.07) is 16.4. The number of halogens is 2. The molecule has 2 aromatic carbocycles. The molecule has 0 radical (unpaired) electrons. The van der Waals surface area contributed by atoms with Gasteiger partial charge in [0.2, 0.25) is 5.88 Å². The van der Waals surface area contributed by atoms with Crippen molar-refractivity contribution in [2.75, 3.05) is 0 Å². The first-order valence-electron chi connectivity index (χ1n) is 9.31. The minimum absolute atomic E-state index is 0.0315. The van der Waals surface area contributed by atoms with Gasteiger partial charge in [0.1, 0.15) is 28.0 Å². The summed E-state index contributed by atoms with van der Waals surface area (Å²) in [4.78, 5) is 14.1. The van der Waals surface area contributed by atoms with Crippen LogP contribution in [0.4, 0.5) is 0 Å². The number of thiophene rings is 2. The second-order valence-corrected chi connectivity index (χ2v) is 9.70. The molecule has 0 amide bonds. The minimum atomic E-state index is -0.598. The van der Waals surface area contributed by atoms with Crippen LogP contribution in [0.3, 0.4) is 0 Å². The Morgan fingerprint density at radius 1 is 1.19 bits per heavy atom. The Morgan fingerprint density at radius 2 is 2.03 bits per heavy atom. The lowest BCUT2D eigenvalue weighted by atomic mass is 9.88. The fourth-order valence-electron chi connectivity index (χ4n) is 3.60. The molecule has 0 saturated heterocycles. The maximum Gasteiger partial charge on any atom is 0.355 e. The standard InChI is InChI=1S/C23H12Cl2N2O3S2/c24-14-3-1-4-17-19(14)20(25)21(32-17)23(28)29-11-6-7-12-15(9-11)30-22(27)13(10-26)18(12)16-5-2-8-31-16/h1-9,18H,27H2. The van der Waals surface area contributed by atoms with E-state index < -0.39 is 5.97 Å². The molecule has 4 aromatic rings. The average Bonchev–Trinajstić information content (AvgIpc) is 3.41. The Hall–Kier alpha value is -3.02. The minimum Gasteiger partial charge on any atom is -0.440 e. The summed E-state index contributed by atoms with van der Waals surface area (Å²) in [7, 11) is 0. The highest BCUT2D eigenvalue weighted by molar-refractivity contribution is 7.21. The molecule has 1 unspecified atom stereocenters. The highest BCUT2D eigenvalue weighted by atomic mass is 35.5. The molecule has 1 aliphatic heterocycles. The van der Waals surface area contributed by atoms with Crippen molar-refractivity contribution in [1.29, 1.82) is 5.26 Å². The van der Waals surface area contributed by atoms with Crippen LogP contribution in [0.2, 0.25) is 10.0 Å². The normalized spacial score (nSPS) is 15.2. The van der Waals surface area contributed by atoms with E-state index >= 15 is 0 Å². The Labute approximate surface area is 200 Å². The number of allylic oxidation sites excluding steroid dienone is 1. The molecule has 0 aliphatic carbocycles. The molecule has 1 atom stereocenters. The number of hydrogen-bond acceptors (Lipinski definition) is 7. The molecular formula is C23H12Cl2N2O3S2. The van der Waals surface area contributed by atoms with Gasteiger partial charge in [0.15, 0.2) is 0 Å². The summed E-state index contributed by atoms with van der Waals surface area (Å²) in [6.07, 6.45) is 0. The van der Waals surface area contributed by atoms with Gasteiger partial charge in [0.25, 0.3) is 0 Å². The van der Waals surface area contributed by atoms with Gasteiger partial charge in [-0.2, -0.15) is 5.26 Å². The van der Waals surface area contributed by atoms with E-state index in [-0.39, 0.29) is 27.5 Å². The van der Waals surface area contributed by atoms with E-state index in [1.807, 2.05) is 23.6 Å². The third kappa shape index (κ3) is 3.42. The molecular weight excluding hydrogens is 487 g/mol. The van der Waals surface area contributed by atoms with Crippen LogP contribution < -0.4 is 15.2 Å². The largest absolute Gasteiger partial charge is 0.440 e. The number of fused-ring (bicyclic) bond motifs is 2. The average molecular weight is 499 g/mol. The molecule has 32 heavy (non-hydrogen) atoms. The van der Waals surface area contributed by atoms with Crippen molar-refractivity contribution in [1.82, 2.24) is 0 Å². The molecule has 0 saturated carbocycles. The van der Waals surface area contributed by atoms with Crippen LogP contribution in [-0.4, -0.2) is 5.97 Å². The summed E-state index contributed by atoms with van der Waals surface area (Å²) < 4.78 is 12.1. The monoisotopic (exact) mass is 498 g/mol. The fourth-order valence-corrected chi connectivity index (χ4v) is 6.28. The van der Waals surface area contributed by atoms with Crippen molar-refractivity contribution in [2.24, 2.45) is 5.73 Å². The number of nitriles is 1. The Bertz CT molecular complexity index is 1450. The van der Waals surface area contributed by atoms with E-state index in [2.05, 4.69) is 6.07 Å². The van der Waals surface area contributed by atoms with E-state index in [1.165, 1.54) is 22.7 Å². The van der Waals surface area contributed by atoms with Crippen molar-refractivity contribution in [2.45, 2.75) is 5.92 Å². The summed E-state index contributed by atoms with van der Waals surface area (Å²) in [5.41, 5.74) is 7.14. The molecule has 158 valence electrons. The second kappa shape index (κ2) is 8.15. The SMILES string of the molecule is N#CC1=C(N)Oc2cc(OC(=O)c3sc4cccc(Cl)c4c3Cl)ccc2C1c1cccs1. The van der Waals surface area contributed by atoms with Crippen LogP contribution in [0, 0.1) is 11.3 Å². The smallest absolute Gasteiger partial charge is 0.355 e. The van der Waals surface area contributed by atoms with E-state index in [0.29, 0.717) is 21.7 Å². The predicted octanol–water partition coefficient (Wildman–Crippen LogP) is 6.71. The molecule has 2 aromatic heterocycles. The third-order valence-corrected chi connectivity index (χ3v) is 7.90. The van der Waals surface area contributed by atoms with Gasteiger partial charge < -0.3 is 15.2 Å². The molecule has 5 rings (SSSR count). The molecule has 9 heteroatoms. The summed E-state index contributed by atoms with van der Waals surface area (Å²) in [5.74, 6) is -0.210. The molecule has 0 bridgehead atoms.